The molecule has 0 saturated carbocycles. The Morgan fingerprint density at radius 3 is 2.39 bits per heavy atom. The number of nitrogens with zero attached hydrogens (tertiary/aromatic N) is 2. The van der Waals surface area contributed by atoms with Crippen LogP contribution in [0.15, 0.2) is 4.99 Å². The van der Waals surface area contributed by atoms with Crippen molar-refractivity contribution in [3.8, 4) is 0 Å². The van der Waals surface area contributed by atoms with Crippen LogP contribution in [0.1, 0.15) is 48.5 Å². The Labute approximate surface area is 169 Å². The fourth-order valence-corrected chi connectivity index (χ4v) is 3.72. The Bertz CT molecular complexity index is 670. The topological polar surface area (TPSA) is 109 Å². The summed E-state index contributed by atoms with van der Waals surface area (Å²) < 4.78 is 34.7. The number of aliphatic imine (C=N–C) groups is 1. The van der Waals surface area contributed by atoms with Crippen molar-refractivity contribution in [1.82, 2.24) is 15.5 Å². The molecule has 164 valence electrons. The van der Waals surface area contributed by atoms with E-state index in [4.69, 9.17) is 9.47 Å². The lowest BCUT2D eigenvalue weighted by Gasteiger charge is -2.35. The van der Waals surface area contributed by atoms with Gasteiger partial charge in [0.2, 0.25) is 0 Å². The van der Waals surface area contributed by atoms with Gasteiger partial charge in [-0.1, -0.05) is 6.92 Å². The lowest BCUT2D eigenvalue weighted by molar-refractivity contribution is -0.0755. The molecule has 0 spiro atoms. The predicted octanol–water partition coefficient (Wildman–Crippen LogP) is 1.35. The molecule has 2 atom stereocenters. The van der Waals surface area contributed by atoms with E-state index in [1.807, 2.05) is 41.5 Å². The Balaban J connectivity index is 2.76. The Morgan fingerprint density at radius 1 is 1.29 bits per heavy atom. The number of guanidine groups is 1. The van der Waals surface area contributed by atoms with Gasteiger partial charge in [-0.05, 0) is 41.5 Å². The molecule has 1 saturated heterocycles. The van der Waals surface area contributed by atoms with E-state index in [2.05, 4.69) is 15.6 Å². The Kier molecular flexibility index (Phi) is 8.13. The highest BCUT2D eigenvalue weighted by Crippen LogP contribution is 2.33. The summed E-state index contributed by atoms with van der Waals surface area (Å²) in [5.41, 5.74) is -1.42. The first kappa shape index (κ1) is 24.5. The lowest BCUT2D eigenvalue weighted by atomic mass is 10.1. The van der Waals surface area contributed by atoms with Crippen LogP contribution in [0.4, 0.5) is 4.79 Å². The molecule has 0 bridgehead atoms. The summed E-state index contributed by atoms with van der Waals surface area (Å²) >= 11 is 0. The third-order valence-electron chi connectivity index (χ3n) is 4.37. The van der Waals surface area contributed by atoms with Crippen molar-refractivity contribution in [2.75, 3.05) is 31.6 Å². The average Bonchev–Trinajstić information content (AvgIpc) is 2.77. The van der Waals surface area contributed by atoms with Crippen molar-refractivity contribution in [2.24, 2.45) is 4.99 Å². The number of carbonyl (C=O) groups excluding carboxylic acids is 1. The summed E-state index contributed by atoms with van der Waals surface area (Å²) in [6, 6.07) is -0.275. The average molecular weight is 421 g/mol. The SMILES string of the molecule is CCS(=O)(=O)CCNC(=NC)NCC1C(C)OC(C)(C)N1C(=O)OC(C)(C)C. The first-order chi connectivity index (χ1) is 12.7. The maximum Gasteiger partial charge on any atom is 0.412 e. The number of ether oxygens (including phenoxy) is 2. The maximum atomic E-state index is 12.7. The smallest absolute Gasteiger partial charge is 0.412 e. The third kappa shape index (κ3) is 7.12. The number of carbonyl (C=O) groups is 1. The van der Waals surface area contributed by atoms with Gasteiger partial charge < -0.3 is 20.1 Å². The second-order valence-corrected chi connectivity index (χ2v) is 10.8. The standard InChI is InChI=1S/C18H36N4O5S/c1-9-28(24,25)11-10-20-15(19-8)21-12-14-13(2)26-18(6,7)22(14)16(23)27-17(3,4)5/h13-14H,9-12H2,1-8H3,(H2,19,20,21). The minimum Gasteiger partial charge on any atom is -0.444 e. The zero-order chi connectivity index (χ0) is 21.8. The molecule has 1 rings (SSSR count). The normalized spacial score (nSPS) is 22.9. The predicted molar refractivity (Wildman–Crippen MR) is 110 cm³/mol. The van der Waals surface area contributed by atoms with Crippen LogP contribution in [0.2, 0.25) is 0 Å². The summed E-state index contributed by atoms with van der Waals surface area (Å²) in [6.45, 7) is 13.3. The van der Waals surface area contributed by atoms with E-state index in [1.54, 1.807) is 18.9 Å². The molecule has 28 heavy (non-hydrogen) atoms. The van der Waals surface area contributed by atoms with Crippen LogP contribution >= 0.6 is 0 Å². The number of amides is 1. The van der Waals surface area contributed by atoms with Crippen LogP contribution in [0.3, 0.4) is 0 Å². The molecule has 1 heterocycles. The summed E-state index contributed by atoms with van der Waals surface area (Å²) in [5, 5.41) is 6.13. The van der Waals surface area contributed by atoms with Gasteiger partial charge in [0.25, 0.3) is 0 Å². The third-order valence-corrected chi connectivity index (χ3v) is 6.07. The highest BCUT2D eigenvalue weighted by molar-refractivity contribution is 7.91. The molecule has 10 heteroatoms. The van der Waals surface area contributed by atoms with E-state index in [0.717, 1.165) is 0 Å². The van der Waals surface area contributed by atoms with Crippen LogP contribution in [-0.2, 0) is 19.3 Å². The second kappa shape index (κ2) is 9.30. The molecule has 0 aromatic rings. The molecule has 0 aliphatic carbocycles. The van der Waals surface area contributed by atoms with Gasteiger partial charge in [-0.2, -0.15) is 0 Å². The highest BCUT2D eigenvalue weighted by Gasteiger charge is 2.49. The van der Waals surface area contributed by atoms with E-state index in [-0.39, 0.29) is 30.2 Å². The fraction of sp³-hybridized carbons (Fsp3) is 0.889. The molecule has 1 aliphatic rings. The summed E-state index contributed by atoms with van der Waals surface area (Å²) in [7, 11) is -1.45. The first-order valence-electron chi connectivity index (χ1n) is 9.57. The van der Waals surface area contributed by atoms with Crippen molar-refractivity contribution >= 4 is 21.9 Å². The van der Waals surface area contributed by atoms with Crippen molar-refractivity contribution in [3.63, 3.8) is 0 Å². The summed E-state index contributed by atoms with van der Waals surface area (Å²) in [5.74, 6) is 0.606. The molecule has 1 aliphatic heterocycles. The molecular weight excluding hydrogens is 384 g/mol. The second-order valence-electron chi connectivity index (χ2n) is 8.30. The van der Waals surface area contributed by atoms with Crippen molar-refractivity contribution < 1.29 is 22.7 Å². The van der Waals surface area contributed by atoms with Gasteiger partial charge in [0.15, 0.2) is 15.8 Å². The van der Waals surface area contributed by atoms with Gasteiger partial charge in [0.1, 0.15) is 11.3 Å². The van der Waals surface area contributed by atoms with E-state index in [1.165, 1.54) is 0 Å². The largest absolute Gasteiger partial charge is 0.444 e. The van der Waals surface area contributed by atoms with E-state index >= 15 is 0 Å². The Morgan fingerprint density at radius 2 is 1.89 bits per heavy atom. The van der Waals surface area contributed by atoms with Gasteiger partial charge >= 0.3 is 6.09 Å². The van der Waals surface area contributed by atoms with E-state index in [9.17, 15) is 13.2 Å². The quantitative estimate of drug-likeness (QED) is 0.493. The number of rotatable bonds is 6. The molecular formula is C18H36N4O5S. The van der Waals surface area contributed by atoms with Crippen molar-refractivity contribution in [1.29, 1.82) is 0 Å². The number of nitrogens with one attached hydrogen (secondary N) is 2. The number of hydrogen-bond donors (Lipinski definition) is 2. The fourth-order valence-electron chi connectivity index (χ4n) is 3.01. The minimum atomic E-state index is -3.05. The lowest BCUT2D eigenvalue weighted by Crippen LogP contribution is -2.54. The van der Waals surface area contributed by atoms with Crippen molar-refractivity contribution in [3.05, 3.63) is 0 Å². The molecule has 0 radical (unpaired) electrons. The summed E-state index contributed by atoms with van der Waals surface area (Å²) in [6.07, 6.45) is -0.653. The number of hydrogen-bond acceptors (Lipinski definition) is 6. The van der Waals surface area contributed by atoms with Crippen LogP contribution in [0, 0.1) is 0 Å². The Hall–Kier alpha value is -1.55. The minimum absolute atomic E-state index is 0.0320. The van der Waals surface area contributed by atoms with Crippen LogP contribution in [0.25, 0.3) is 0 Å². The zero-order valence-electron chi connectivity index (χ0n) is 18.3. The molecule has 2 N–H and O–H groups in total. The van der Waals surface area contributed by atoms with E-state index in [0.29, 0.717) is 12.5 Å². The van der Waals surface area contributed by atoms with Gasteiger partial charge in [0.05, 0.1) is 17.9 Å². The zero-order valence-corrected chi connectivity index (χ0v) is 19.1. The molecule has 0 aromatic carbocycles. The maximum absolute atomic E-state index is 12.7. The molecule has 1 fully saturated rings. The first-order valence-corrected chi connectivity index (χ1v) is 11.4. The monoisotopic (exact) mass is 420 g/mol. The molecule has 2 unspecified atom stereocenters. The van der Waals surface area contributed by atoms with Crippen LogP contribution in [0.5, 0.6) is 0 Å². The number of sulfone groups is 1. The van der Waals surface area contributed by atoms with Crippen LogP contribution < -0.4 is 10.6 Å². The highest BCUT2D eigenvalue weighted by atomic mass is 32.2. The van der Waals surface area contributed by atoms with Gasteiger partial charge in [0, 0.05) is 25.9 Å². The molecule has 0 aromatic heterocycles. The van der Waals surface area contributed by atoms with Gasteiger partial charge in [-0.25, -0.2) is 13.2 Å². The summed E-state index contributed by atoms with van der Waals surface area (Å²) in [4.78, 5) is 18.5. The molecule has 1 amide bonds. The van der Waals surface area contributed by atoms with Crippen LogP contribution in [-0.4, -0.2) is 80.5 Å². The van der Waals surface area contributed by atoms with Crippen molar-refractivity contribution in [2.45, 2.75) is 71.9 Å². The van der Waals surface area contributed by atoms with E-state index < -0.39 is 27.3 Å². The van der Waals surface area contributed by atoms with Gasteiger partial charge in [-0.15, -0.1) is 0 Å². The molecule has 9 nitrogen and oxygen atoms in total. The van der Waals surface area contributed by atoms with Gasteiger partial charge in [-0.3, -0.25) is 9.89 Å².